The fourth-order valence-electron chi connectivity index (χ4n) is 2.55. The zero-order chi connectivity index (χ0) is 18.6. The third-order valence-electron chi connectivity index (χ3n) is 3.83. The molecule has 4 rings (SSSR count). The molecule has 0 unspecified atom stereocenters. The number of anilines is 1. The monoisotopic (exact) mass is 411 g/mol. The van der Waals surface area contributed by atoms with E-state index in [-0.39, 0.29) is 5.91 Å². The third-order valence-corrected chi connectivity index (χ3v) is 5.95. The van der Waals surface area contributed by atoms with Crippen molar-refractivity contribution in [3.63, 3.8) is 0 Å². The van der Waals surface area contributed by atoms with Crippen LogP contribution in [0.2, 0.25) is 5.02 Å². The predicted octanol–water partition coefficient (Wildman–Crippen LogP) is 5.65. The molecule has 0 saturated carbocycles. The zero-order valence-electron chi connectivity index (χ0n) is 14.1. The Balaban J connectivity index is 1.68. The van der Waals surface area contributed by atoms with Crippen LogP contribution in [0, 0.1) is 0 Å². The quantitative estimate of drug-likeness (QED) is 0.398. The van der Waals surface area contributed by atoms with Crippen LogP contribution in [0.1, 0.15) is 10.4 Å². The van der Waals surface area contributed by atoms with Gasteiger partial charge in [0.2, 0.25) is 0 Å². The van der Waals surface area contributed by atoms with Crippen LogP contribution in [0.3, 0.4) is 0 Å². The number of amides is 1. The molecule has 1 aromatic carbocycles. The number of pyridine rings is 1. The summed E-state index contributed by atoms with van der Waals surface area (Å²) >= 11 is 9.12. The molecule has 0 saturated heterocycles. The van der Waals surface area contributed by atoms with Crippen molar-refractivity contribution in [1.82, 2.24) is 9.97 Å². The van der Waals surface area contributed by atoms with Gasteiger partial charge in [-0.15, -0.1) is 11.3 Å². The Hall–Kier alpha value is -2.54. The maximum Gasteiger partial charge on any atom is 0.253 e. The molecule has 0 aliphatic carbocycles. The fourth-order valence-corrected chi connectivity index (χ4v) is 4.41. The summed E-state index contributed by atoms with van der Waals surface area (Å²) in [6.07, 6.45) is 6.88. The SMILES string of the molecule is O=C(/C=C/c1cccs1)N(Cc1cccnc1)c1nc2ccc(Cl)cc2s1. The summed E-state index contributed by atoms with van der Waals surface area (Å²) in [7, 11) is 0. The van der Waals surface area contributed by atoms with Gasteiger partial charge in [0.1, 0.15) is 0 Å². The summed E-state index contributed by atoms with van der Waals surface area (Å²) in [5.41, 5.74) is 1.76. The first-order chi connectivity index (χ1) is 13.2. The number of carbonyl (C=O) groups excluding carboxylic acids is 1. The molecule has 0 fully saturated rings. The first kappa shape index (κ1) is 17.9. The Morgan fingerprint density at radius 2 is 2.15 bits per heavy atom. The molecule has 4 aromatic rings. The molecule has 27 heavy (non-hydrogen) atoms. The van der Waals surface area contributed by atoms with Gasteiger partial charge in [0.25, 0.3) is 5.91 Å². The minimum atomic E-state index is -0.127. The summed E-state index contributed by atoms with van der Waals surface area (Å²) < 4.78 is 0.948. The van der Waals surface area contributed by atoms with Gasteiger partial charge in [-0.25, -0.2) is 4.98 Å². The van der Waals surface area contributed by atoms with Gasteiger partial charge >= 0.3 is 0 Å². The number of nitrogens with zero attached hydrogens (tertiary/aromatic N) is 3. The molecule has 0 atom stereocenters. The van der Waals surface area contributed by atoms with Crippen molar-refractivity contribution in [2.24, 2.45) is 0 Å². The number of halogens is 1. The second-order valence-electron chi connectivity index (χ2n) is 5.74. The maximum atomic E-state index is 13.0. The average Bonchev–Trinajstić information content (AvgIpc) is 3.34. The van der Waals surface area contributed by atoms with E-state index < -0.39 is 0 Å². The molecule has 134 valence electrons. The normalized spacial score (nSPS) is 11.3. The molecule has 0 aliphatic rings. The molecule has 3 heterocycles. The van der Waals surface area contributed by atoms with E-state index in [2.05, 4.69) is 9.97 Å². The first-order valence-corrected chi connectivity index (χ1v) is 10.2. The predicted molar refractivity (Wildman–Crippen MR) is 113 cm³/mol. The summed E-state index contributed by atoms with van der Waals surface area (Å²) in [6, 6.07) is 13.3. The van der Waals surface area contributed by atoms with Gasteiger partial charge in [-0.05, 0) is 47.4 Å². The molecular formula is C20H14ClN3OS2. The lowest BCUT2D eigenvalue weighted by atomic mass is 10.2. The lowest BCUT2D eigenvalue weighted by Gasteiger charge is -2.18. The molecule has 0 aliphatic heterocycles. The largest absolute Gasteiger partial charge is 0.280 e. The van der Waals surface area contributed by atoms with Crippen LogP contribution < -0.4 is 4.90 Å². The molecule has 0 N–H and O–H groups in total. The van der Waals surface area contributed by atoms with Crippen LogP contribution in [0.15, 0.2) is 66.3 Å². The van der Waals surface area contributed by atoms with Crippen molar-refractivity contribution < 1.29 is 4.79 Å². The van der Waals surface area contributed by atoms with Crippen LogP contribution >= 0.6 is 34.3 Å². The fraction of sp³-hybridized carbons (Fsp3) is 0.0500. The van der Waals surface area contributed by atoms with Crippen LogP contribution in [-0.4, -0.2) is 15.9 Å². The Morgan fingerprint density at radius 3 is 2.93 bits per heavy atom. The lowest BCUT2D eigenvalue weighted by Crippen LogP contribution is -2.28. The topological polar surface area (TPSA) is 46.1 Å². The van der Waals surface area contributed by atoms with Gasteiger partial charge in [-0.1, -0.05) is 35.1 Å². The summed E-state index contributed by atoms with van der Waals surface area (Å²) in [5, 5.41) is 3.27. The molecule has 3 aromatic heterocycles. The number of fused-ring (bicyclic) bond motifs is 1. The number of benzene rings is 1. The van der Waals surface area contributed by atoms with Crippen LogP contribution in [0.5, 0.6) is 0 Å². The van der Waals surface area contributed by atoms with Crippen LogP contribution in [-0.2, 0) is 11.3 Å². The average molecular weight is 412 g/mol. The van der Waals surface area contributed by atoms with Crippen molar-refractivity contribution in [2.45, 2.75) is 6.54 Å². The highest BCUT2D eigenvalue weighted by Gasteiger charge is 2.18. The second kappa shape index (κ2) is 8.00. The molecule has 7 heteroatoms. The van der Waals surface area contributed by atoms with Crippen LogP contribution in [0.25, 0.3) is 16.3 Å². The number of carbonyl (C=O) groups is 1. The van der Waals surface area contributed by atoms with Gasteiger partial charge in [-0.2, -0.15) is 0 Å². The summed E-state index contributed by atoms with van der Waals surface area (Å²) in [6.45, 7) is 0.398. The minimum absolute atomic E-state index is 0.127. The van der Waals surface area contributed by atoms with E-state index in [1.54, 1.807) is 40.8 Å². The third kappa shape index (κ3) is 4.24. The van der Waals surface area contributed by atoms with E-state index in [0.29, 0.717) is 16.7 Å². The second-order valence-corrected chi connectivity index (χ2v) is 8.17. The maximum absolute atomic E-state index is 13.0. The van der Waals surface area contributed by atoms with Crippen LogP contribution in [0.4, 0.5) is 5.13 Å². The van der Waals surface area contributed by atoms with Crippen molar-refractivity contribution >= 4 is 61.6 Å². The molecule has 1 amide bonds. The number of aromatic nitrogens is 2. The van der Waals surface area contributed by atoms with E-state index in [9.17, 15) is 4.79 Å². The van der Waals surface area contributed by atoms with Gasteiger partial charge in [0, 0.05) is 28.4 Å². The molecular weight excluding hydrogens is 398 g/mol. The Kier molecular flexibility index (Phi) is 5.29. The van der Waals surface area contributed by atoms with E-state index in [1.165, 1.54) is 11.3 Å². The molecule has 4 nitrogen and oxygen atoms in total. The highest BCUT2D eigenvalue weighted by molar-refractivity contribution is 7.22. The first-order valence-electron chi connectivity index (χ1n) is 8.17. The standard InChI is InChI=1S/C20H14ClN3OS2/c21-15-5-7-17-18(11-15)27-20(23-17)24(13-14-3-1-9-22-12-14)19(25)8-6-16-4-2-10-26-16/h1-12H,13H2/b8-6+. The molecule has 0 radical (unpaired) electrons. The van der Waals surface area contributed by atoms with Crippen molar-refractivity contribution in [1.29, 1.82) is 0 Å². The number of thiazole rings is 1. The molecule has 0 spiro atoms. The zero-order valence-corrected chi connectivity index (χ0v) is 16.5. The number of hydrogen-bond donors (Lipinski definition) is 0. The Labute approximate surface area is 169 Å². The van der Waals surface area contributed by atoms with Crippen molar-refractivity contribution in [3.05, 3.63) is 81.8 Å². The van der Waals surface area contributed by atoms with Gasteiger partial charge in [0.15, 0.2) is 5.13 Å². The van der Waals surface area contributed by atoms with Crippen molar-refractivity contribution in [2.75, 3.05) is 4.90 Å². The number of rotatable bonds is 5. The Morgan fingerprint density at radius 1 is 1.22 bits per heavy atom. The summed E-state index contributed by atoms with van der Waals surface area (Å²) in [5.74, 6) is -0.127. The minimum Gasteiger partial charge on any atom is -0.280 e. The van der Waals surface area contributed by atoms with Gasteiger partial charge in [0.05, 0.1) is 16.8 Å². The van der Waals surface area contributed by atoms with Crippen molar-refractivity contribution in [3.8, 4) is 0 Å². The smallest absolute Gasteiger partial charge is 0.253 e. The molecule has 0 bridgehead atoms. The number of hydrogen-bond acceptors (Lipinski definition) is 5. The van der Waals surface area contributed by atoms with E-state index >= 15 is 0 Å². The van der Waals surface area contributed by atoms with E-state index in [4.69, 9.17) is 11.6 Å². The van der Waals surface area contributed by atoms with Gasteiger partial charge in [-0.3, -0.25) is 14.7 Å². The lowest BCUT2D eigenvalue weighted by molar-refractivity contribution is -0.114. The van der Waals surface area contributed by atoms with E-state index in [0.717, 1.165) is 20.7 Å². The highest BCUT2D eigenvalue weighted by atomic mass is 35.5. The van der Waals surface area contributed by atoms with E-state index in [1.807, 2.05) is 47.9 Å². The number of thiophene rings is 1. The van der Waals surface area contributed by atoms with Gasteiger partial charge < -0.3 is 0 Å². The summed E-state index contributed by atoms with van der Waals surface area (Å²) in [4.78, 5) is 24.4. The Bertz CT molecular complexity index is 1090. The highest BCUT2D eigenvalue weighted by Crippen LogP contribution is 2.31.